The van der Waals surface area contributed by atoms with Gasteiger partial charge in [-0.1, -0.05) is 0 Å². The number of hydrogen-bond acceptors (Lipinski definition) is 2. The molecular formula is C9H9N3O2. The Hall–Kier alpha value is -2.04. The summed E-state index contributed by atoms with van der Waals surface area (Å²) in [4.78, 5) is 13.8. The van der Waals surface area contributed by atoms with E-state index in [1.807, 2.05) is 12.1 Å². The van der Waals surface area contributed by atoms with E-state index in [1.165, 1.54) is 10.9 Å². The molecule has 2 heterocycles. The average molecular weight is 191 g/mol. The van der Waals surface area contributed by atoms with Gasteiger partial charge in [0.15, 0.2) is 0 Å². The number of aromatic amines is 1. The molecule has 2 aromatic rings. The van der Waals surface area contributed by atoms with Gasteiger partial charge in [-0.15, -0.1) is 0 Å². The molecule has 0 spiro atoms. The van der Waals surface area contributed by atoms with Crippen LogP contribution in [0.15, 0.2) is 24.5 Å². The molecule has 0 bridgehead atoms. The van der Waals surface area contributed by atoms with Gasteiger partial charge in [-0.2, -0.15) is 5.10 Å². The number of H-pyrrole nitrogens is 1. The lowest BCUT2D eigenvalue weighted by molar-refractivity contribution is 0.0697. The topological polar surface area (TPSA) is 70.9 Å². The molecule has 0 saturated heterocycles. The van der Waals surface area contributed by atoms with E-state index in [1.54, 1.807) is 13.2 Å². The Labute approximate surface area is 80.0 Å². The second-order valence-corrected chi connectivity index (χ2v) is 2.92. The van der Waals surface area contributed by atoms with Crippen molar-refractivity contribution in [3.05, 3.63) is 30.1 Å². The number of nitrogens with zero attached hydrogens (tertiary/aromatic N) is 2. The van der Waals surface area contributed by atoms with Crippen molar-refractivity contribution in [1.82, 2.24) is 14.8 Å². The number of carbonyl (C=O) groups is 1. The first kappa shape index (κ1) is 8.55. The van der Waals surface area contributed by atoms with E-state index in [2.05, 4.69) is 10.1 Å². The molecule has 0 amide bonds. The highest BCUT2D eigenvalue weighted by molar-refractivity contribution is 5.94. The highest BCUT2D eigenvalue weighted by Crippen LogP contribution is 2.20. The minimum Gasteiger partial charge on any atom is -0.478 e. The Morgan fingerprint density at radius 2 is 2.43 bits per heavy atom. The van der Waals surface area contributed by atoms with Crippen LogP contribution in [0, 0.1) is 0 Å². The number of aromatic nitrogens is 3. The van der Waals surface area contributed by atoms with Crippen LogP contribution < -0.4 is 0 Å². The highest BCUT2D eigenvalue weighted by atomic mass is 16.4. The lowest BCUT2D eigenvalue weighted by Crippen LogP contribution is -2.00. The summed E-state index contributed by atoms with van der Waals surface area (Å²) in [6.45, 7) is 0. The summed E-state index contributed by atoms with van der Waals surface area (Å²) >= 11 is 0. The first-order chi connectivity index (χ1) is 6.70. The third-order valence-corrected chi connectivity index (χ3v) is 2.02. The number of hydrogen-bond donors (Lipinski definition) is 2. The van der Waals surface area contributed by atoms with Gasteiger partial charge in [-0.05, 0) is 12.1 Å². The largest absolute Gasteiger partial charge is 0.478 e. The number of aromatic carboxylic acids is 1. The number of aryl methyl sites for hydroxylation is 1. The number of rotatable bonds is 2. The fourth-order valence-electron chi connectivity index (χ4n) is 1.39. The van der Waals surface area contributed by atoms with E-state index in [0.717, 1.165) is 5.69 Å². The molecule has 2 N–H and O–H groups in total. The molecule has 2 aromatic heterocycles. The van der Waals surface area contributed by atoms with Crippen LogP contribution in [-0.2, 0) is 7.05 Å². The van der Waals surface area contributed by atoms with Crippen LogP contribution in [0.4, 0.5) is 0 Å². The normalized spacial score (nSPS) is 10.4. The third-order valence-electron chi connectivity index (χ3n) is 2.02. The second kappa shape index (κ2) is 3.02. The van der Waals surface area contributed by atoms with E-state index in [4.69, 9.17) is 5.11 Å². The third kappa shape index (κ3) is 1.19. The summed E-state index contributed by atoms with van der Waals surface area (Å²) in [5, 5.41) is 12.8. The lowest BCUT2D eigenvalue weighted by atomic mass is 10.2. The van der Waals surface area contributed by atoms with Crippen LogP contribution in [0.25, 0.3) is 11.4 Å². The zero-order valence-electron chi connectivity index (χ0n) is 7.56. The van der Waals surface area contributed by atoms with Gasteiger partial charge in [0.05, 0.1) is 17.6 Å². The number of nitrogens with one attached hydrogen (secondary N) is 1. The second-order valence-electron chi connectivity index (χ2n) is 2.92. The van der Waals surface area contributed by atoms with E-state index in [0.29, 0.717) is 5.69 Å². The lowest BCUT2D eigenvalue weighted by Gasteiger charge is -2.00. The molecule has 0 aliphatic carbocycles. The fourth-order valence-corrected chi connectivity index (χ4v) is 1.39. The van der Waals surface area contributed by atoms with Crippen LogP contribution >= 0.6 is 0 Å². The fraction of sp³-hybridized carbons (Fsp3) is 0.111. The highest BCUT2D eigenvalue weighted by Gasteiger charge is 2.16. The molecule has 14 heavy (non-hydrogen) atoms. The summed E-state index contributed by atoms with van der Waals surface area (Å²) in [6, 6.07) is 3.62. The molecule has 2 rings (SSSR count). The standard InChI is InChI=1S/C9H9N3O2/c1-12-8(7-3-2-4-10-7)6(5-11-12)9(13)14/h2-5,10H,1H3,(H,13,14). The quantitative estimate of drug-likeness (QED) is 0.747. The number of carboxylic acid groups (broad SMARTS) is 1. The van der Waals surface area contributed by atoms with Crippen molar-refractivity contribution < 1.29 is 9.90 Å². The maximum Gasteiger partial charge on any atom is 0.339 e. The summed E-state index contributed by atoms with van der Waals surface area (Å²) in [7, 11) is 1.71. The zero-order chi connectivity index (χ0) is 10.1. The van der Waals surface area contributed by atoms with Crippen molar-refractivity contribution in [3.63, 3.8) is 0 Å². The molecule has 0 unspecified atom stereocenters. The van der Waals surface area contributed by atoms with Crippen LogP contribution in [0.2, 0.25) is 0 Å². The van der Waals surface area contributed by atoms with Gasteiger partial charge < -0.3 is 10.1 Å². The molecule has 0 aliphatic heterocycles. The number of carboxylic acids is 1. The molecule has 0 saturated carbocycles. The SMILES string of the molecule is Cn1ncc(C(=O)O)c1-c1ccc[nH]1. The van der Waals surface area contributed by atoms with Gasteiger partial charge in [0, 0.05) is 13.2 Å². The van der Waals surface area contributed by atoms with Crippen LogP contribution in [0.1, 0.15) is 10.4 Å². The van der Waals surface area contributed by atoms with Gasteiger partial charge in [0.2, 0.25) is 0 Å². The first-order valence-corrected chi connectivity index (χ1v) is 4.09. The Kier molecular flexibility index (Phi) is 1.85. The molecule has 0 atom stereocenters. The smallest absolute Gasteiger partial charge is 0.339 e. The van der Waals surface area contributed by atoms with Crippen LogP contribution in [0.3, 0.4) is 0 Å². The molecule has 72 valence electrons. The predicted octanol–water partition coefficient (Wildman–Crippen LogP) is 1.11. The Balaban J connectivity index is 2.62. The Morgan fingerprint density at radius 3 is 3.00 bits per heavy atom. The predicted molar refractivity (Wildman–Crippen MR) is 50.0 cm³/mol. The molecule has 0 radical (unpaired) electrons. The minimum atomic E-state index is -0.970. The van der Waals surface area contributed by atoms with Crippen LogP contribution in [-0.4, -0.2) is 25.8 Å². The van der Waals surface area contributed by atoms with Crippen molar-refractivity contribution in [3.8, 4) is 11.4 Å². The summed E-state index contributed by atoms with van der Waals surface area (Å²) in [5.41, 5.74) is 1.54. The maximum atomic E-state index is 10.9. The molecule has 5 nitrogen and oxygen atoms in total. The Bertz CT molecular complexity index is 456. The van der Waals surface area contributed by atoms with Crippen molar-refractivity contribution in [2.24, 2.45) is 7.05 Å². The van der Waals surface area contributed by atoms with Gasteiger partial charge in [-0.3, -0.25) is 4.68 Å². The van der Waals surface area contributed by atoms with Crippen molar-refractivity contribution >= 4 is 5.97 Å². The van der Waals surface area contributed by atoms with Gasteiger partial charge in [0.25, 0.3) is 0 Å². The maximum absolute atomic E-state index is 10.9. The van der Waals surface area contributed by atoms with Crippen molar-refractivity contribution in [2.45, 2.75) is 0 Å². The summed E-state index contributed by atoms with van der Waals surface area (Å²) < 4.78 is 1.54. The van der Waals surface area contributed by atoms with Crippen molar-refractivity contribution in [1.29, 1.82) is 0 Å². The van der Waals surface area contributed by atoms with E-state index in [-0.39, 0.29) is 5.56 Å². The monoisotopic (exact) mass is 191 g/mol. The van der Waals surface area contributed by atoms with Gasteiger partial charge in [-0.25, -0.2) is 4.79 Å². The summed E-state index contributed by atoms with van der Waals surface area (Å²) in [5.74, 6) is -0.970. The van der Waals surface area contributed by atoms with Gasteiger partial charge in [0.1, 0.15) is 5.56 Å². The Morgan fingerprint density at radius 1 is 1.64 bits per heavy atom. The van der Waals surface area contributed by atoms with E-state index in [9.17, 15) is 4.79 Å². The molecule has 0 aliphatic rings. The molecular weight excluding hydrogens is 182 g/mol. The minimum absolute atomic E-state index is 0.204. The van der Waals surface area contributed by atoms with Crippen LogP contribution in [0.5, 0.6) is 0 Å². The zero-order valence-corrected chi connectivity index (χ0v) is 7.56. The first-order valence-electron chi connectivity index (χ1n) is 4.09. The van der Waals surface area contributed by atoms with E-state index >= 15 is 0 Å². The molecule has 0 fully saturated rings. The van der Waals surface area contributed by atoms with Crippen molar-refractivity contribution in [2.75, 3.05) is 0 Å². The average Bonchev–Trinajstić information content (AvgIpc) is 2.71. The van der Waals surface area contributed by atoms with E-state index < -0.39 is 5.97 Å². The molecule has 0 aromatic carbocycles. The van der Waals surface area contributed by atoms with Gasteiger partial charge >= 0.3 is 5.97 Å². The molecule has 5 heteroatoms. The summed E-state index contributed by atoms with van der Waals surface area (Å²) in [6.07, 6.45) is 3.09.